The second-order valence-electron chi connectivity index (χ2n) is 5.28. The van der Waals surface area contributed by atoms with E-state index >= 15 is 0 Å². The van der Waals surface area contributed by atoms with E-state index in [1.54, 1.807) is 0 Å². The fraction of sp³-hybridized carbons (Fsp3) is 0.786. The third-order valence-corrected chi connectivity index (χ3v) is 4.01. The Hall–Kier alpha value is -0.830. The molecule has 1 aromatic heterocycles. The highest BCUT2D eigenvalue weighted by Crippen LogP contribution is 2.35. The van der Waals surface area contributed by atoms with Crippen LogP contribution in [0, 0.1) is 6.92 Å². The van der Waals surface area contributed by atoms with Crippen molar-refractivity contribution in [3.05, 3.63) is 17.2 Å². The Kier molecular flexibility index (Phi) is 4.21. The van der Waals surface area contributed by atoms with E-state index in [9.17, 15) is 0 Å². The number of hydrogen-bond acceptors (Lipinski definition) is 2. The molecule has 1 saturated carbocycles. The van der Waals surface area contributed by atoms with Gasteiger partial charge in [-0.1, -0.05) is 19.8 Å². The first-order valence-electron chi connectivity index (χ1n) is 6.97. The molecule has 0 saturated heterocycles. The zero-order valence-corrected chi connectivity index (χ0v) is 11.3. The van der Waals surface area contributed by atoms with Gasteiger partial charge in [0.25, 0.3) is 0 Å². The van der Waals surface area contributed by atoms with E-state index in [0.717, 1.165) is 13.0 Å². The average Bonchev–Trinajstić information content (AvgIpc) is 2.94. The van der Waals surface area contributed by atoms with Gasteiger partial charge in [-0.2, -0.15) is 0 Å². The highest BCUT2D eigenvalue weighted by molar-refractivity contribution is 5.20. The predicted molar refractivity (Wildman–Crippen MR) is 71.5 cm³/mol. The van der Waals surface area contributed by atoms with Crippen LogP contribution in [-0.4, -0.2) is 23.6 Å². The van der Waals surface area contributed by atoms with E-state index < -0.39 is 0 Å². The van der Waals surface area contributed by atoms with Crippen molar-refractivity contribution < 1.29 is 0 Å². The standard InChI is InChI=1S/C14H25N3/c1-4-11(9-15-3)14-16-10(2)13(17-14)12-7-5-6-8-12/h11-12,15H,4-9H2,1-3H3,(H,16,17). The average molecular weight is 235 g/mol. The van der Waals surface area contributed by atoms with Crippen molar-refractivity contribution in [3.8, 4) is 0 Å². The summed E-state index contributed by atoms with van der Waals surface area (Å²) in [4.78, 5) is 8.39. The van der Waals surface area contributed by atoms with Gasteiger partial charge in [0.15, 0.2) is 0 Å². The molecule has 1 aliphatic rings. The van der Waals surface area contributed by atoms with Crippen molar-refractivity contribution in [1.82, 2.24) is 15.3 Å². The molecule has 2 N–H and O–H groups in total. The largest absolute Gasteiger partial charge is 0.346 e. The molecule has 2 rings (SSSR count). The Balaban J connectivity index is 2.16. The van der Waals surface area contributed by atoms with Gasteiger partial charge in [0, 0.05) is 24.1 Å². The molecule has 1 unspecified atom stereocenters. The molecule has 17 heavy (non-hydrogen) atoms. The van der Waals surface area contributed by atoms with E-state index in [1.165, 1.54) is 42.9 Å². The first-order valence-corrected chi connectivity index (χ1v) is 6.97. The molecule has 0 spiro atoms. The molecule has 3 heteroatoms. The number of likely N-dealkylation sites (N-methyl/N-ethyl adjacent to an activating group) is 1. The van der Waals surface area contributed by atoms with E-state index in [1.807, 2.05) is 7.05 Å². The van der Waals surface area contributed by atoms with Gasteiger partial charge in [0.2, 0.25) is 0 Å². The number of nitrogens with zero attached hydrogens (tertiary/aromatic N) is 1. The summed E-state index contributed by atoms with van der Waals surface area (Å²) >= 11 is 0. The van der Waals surface area contributed by atoms with E-state index in [4.69, 9.17) is 4.98 Å². The number of aromatic amines is 1. The monoisotopic (exact) mass is 235 g/mol. The van der Waals surface area contributed by atoms with Crippen molar-refractivity contribution in [2.24, 2.45) is 0 Å². The van der Waals surface area contributed by atoms with E-state index in [-0.39, 0.29) is 0 Å². The second-order valence-corrected chi connectivity index (χ2v) is 5.28. The highest BCUT2D eigenvalue weighted by atomic mass is 15.0. The minimum Gasteiger partial charge on any atom is -0.346 e. The number of imidazole rings is 1. The zero-order chi connectivity index (χ0) is 12.3. The fourth-order valence-electron chi connectivity index (χ4n) is 2.97. The van der Waals surface area contributed by atoms with E-state index in [2.05, 4.69) is 24.1 Å². The van der Waals surface area contributed by atoms with Gasteiger partial charge in [-0.25, -0.2) is 4.98 Å². The lowest BCUT2D eigenvalue weighted by molar-refractivity contribution is 0.582. The smallest absolute Gasteiger partial charge is 0.110 e. The molecule has 1 aromatic rings. The number of rotatable bonds is 5. The Labute approximate surface area is 104 Å². The maximum absolute atomic E-state index is 4.89. The lowest BCUT2D eigenvalue weighted by Crippen LogP contribution is -2.17. The molecule has 0 aromatic carbocycles. The molecule has 0 aliphatic heterocycles. The minimum absolute atomic E-state index is 0.522. The lowest BCUT2D eigenvalue weighted by atomic mass is 10.0. The number of aromatic nitrogens is 2. The molecule has 1 aliphatic carbocycles. The summed E-state index contributed by atoms with van der Waals surface area (Å²) in [7, 11) is 2.01. The summed E-state index contributed by atoms with van der Waals surface area (Å²) < 4.78 is 0. The Morgan fingerprint density at radius 3 is 2.71 bits per heavy atom. The van der Waals surface area contributed by atoms with Crippen molar-refractivity contribution in [2.45, 2.75) is 57.8 Å². The molecule has 3 nitrogen and oxygen atoms in total. The Morgan fingerprint density at radius 2 is 2.12 bits per heavy atom. The summed E-state index contributed by atoms with van der Waals surface area (Å²) in [5, 5.41) is 3.26. The third-order valence-electron chi connectivity index (χ3n) is 4.01. The van der Waals surface area contributed by atoms with Crippen LogP contribution in [0.2, 0.25) is 0 Å². The number of aryl methyl sites for hydroxylation is 1. The quantitative estimate of drug-likeness (QED) is 0.823. The van der Waals surface area contributed by atoms with Gasteiger partial charge < -0.3 is 10.3 Å². The topological polar surface area (TPSA) is 40.7 Å². The van der Waals surface area contributed by atoms with Gasteiger partial charge in [-0.3, -0.25) is 0 Å². The normalized spacial score (nSPS) is 18.8. The second kappa shape index (κ2) is 5.67. The van der Waals surface area contributed by atoms with Crippen molar-refractivity contribution >= 4 is 0 Å². The van der Waals surface area contributed by atoms with Crippen LogP contribution in [0.25, 0.3) is 0 Å². The van der Waals surface area contributed by atoms with Crippen molar-refractivity contribution in [3.63, 3.8) is 0 Å². The van der Waals surface area contributed by atoms with Crippen LogP contribution in [0.1, 0.15) is 68.1 Å². The lowest BCUT2D eigenvalue weighted by Gasteiger charge is -2.11. The molecular formula is C14H25N3. The molecular weight excluding hydrogens is 210 g/mol. The van der Waals surface area contributed by atoms with Gasteiger partial charge in [-0.05, 0) is 33.2 Å². The van der Waals surface area contributed by atoms with Crippen LogP contribution >= 0.6 is 0 Å². The van der Waals surface area contributed by atoms with Gasteiger partial charge >= 0.3 is 0 Å². The first kappa shape index (κ1) is 12.6. The molecule has 96 valence electrons. The van der Waals surface area contributed by atoms with Gasteiger partial charge in [-0.15, -0.1) is 0 Å². The van der Waals surface area contributed by atoms with Crippen LogP contribution in [-0.2, 0) is 0 Å². The minimum atomic E-state index is 0.522. The van der Waals surface area contributed by atoms with Crippen molar-refractivity contribution in [2.75, 3.05) is 13.6 Å². The summed E-state index contributed by atoms with van der Waals surface area (Å²) in [5.41, 5.74) is 2.63. The van der Waals surface area contributed by atoms with Gasteiger partial charge in [0.1, 0.15) is 5.82 Å². The molecule has 0 radical (unpaired) electrons. The summed E-state index contributed by atoms with van der Waals surface area (Å²) in [6.45, 7) is 5.42. The molecule has 1 heterocycles. The molecule has 1 atom stereocenters. The highest BCUT2D eigenvalue weighted by Gasteiger charge is 2.23. The number of H-pyrrole nitrogens is 1. The maximum atomic E-state index is 4.89. The van der Waals surface area contributed by atoms with E-state index in [0.29, 0.717) is 11.8 Å². The van der Waals surface area contributed by atoms with Crippen LogP contribution < -0.4 is 5.32 Å². The SMILES string of the molecule is CCC(CNC)c1nc(C2CCCC2)c(C)[nH]1. The summed E-state index contributed by atoms with van der Waals surface area (Å²) in [6, 6.07) is 0. The summed E-state index contributed by atoms with van der Waals surface area (Å²) in [6.07, 6.45) is 6.54. The fourth-order valence-corrected chi connectivity index (χ4v) is 2.97. The molecule has 0 amide bonds. The summed E-state index contributed by atoms with van der Waals surface area (Å²) in [5.74, 6) is 2.42. The maximum Gasteiger partial charge on any atom is 0.110 e. The van der Waals surface area contributed by atoms with Crippen LogP contribution in [0.5, 0.6) is 0 Å². The molecule has 1 fully saturated rings. The van der Waals surface area contributed by atoms with Crippen LogP contribution in [0.4, 0.5) is 0 Å². The molecule has 0 bridgehead atoms. The first-order chi connectivity index (χ1) is 8.26. The van der Waals surface area contributed by atoms with Crippen LogP contribution in [0.3, 0.4) is 0 Å². The number of nitrogens with one attached hydrogen (secondary N) is 2. The van der Waals surface area contributed by atoms with Crippen molar-refractivity contribution in [1.29, 1.82) is 0 Å². The third kappa shape index (κ3) is 2.71. The number of hydrogen-bond donors (Lipinski definition) is 2. The van der Waals surface area contributed by atoms with Crippen LogP contribution in [0.15, 0.2) is 0 Å². The zero-order valence-electron chi connectivity index (χ0n) is 11.3. The predicted octanol–water partition coefficient (Wildman–Crippen LogP) is 3.09. The Morgan fingerprint density at radius 1 is 1.41 bits per heavy atom. The van der Waals surface area contributed by atoms with Gasteiger partial charge in [0.05, 0.1) is 5.69 Å². The Bertz CT molecular complexity index is 350.